The van der Waals surface area contributed by atoms with Gasteiger partial charge in [0.2, 0.25) is 5.69 Å². The molecule has 3 heterocycles. The van der Waals surface area contributed by atoms with Crippen LogP contribution in [0.1, 0.15) is 69.9 Å². The van der Waals surface area contributed by atoms with Crippen molar-refractivity contribution in [3.05, 3.63) is 40.3 Å². The zero-order valence-electron chi connectivity index (χ0n) is 18.7. The average Bonchev–Trinajstić information content (AvgIpc) is 2.96. The van der Waals surface area contributed by atoms with E-state index in [9.17, 15) is 14.7 Å². The van der Waals surface area contributed by atoms with E-state index < -0.39 is 17.2 Å². The molecule has 3 atom stereocenters. The van der Waals surface area contributed by atoms with Gasteiger partial charge in [-0.25, -0.2) is 9.78 Å². The Morgan fingerprint density at radius 3 is 2.29 bits per heavy atom. The van der Waals surface area contributed by atoms with Gasteiger partial charge in [-0.05, 0) is 43.7 Å². The summed E-state index contributed by atoms with van der Waals surface area (Å²) >= 11 is 0. The normalized spacial score (nSPS) is 24.4. The molecule has 1 aromatic heterocycles. The SMILES string of the molecule is CC(C)C#CC(C(C)C)N1C2CCC1CC(n1c(=O)c(C(=O)O)nc3ccccc31)C2. The number of hydrogen-bond donors (Lipinski definition) is 1. The molecule has 6 heteroatoms. The summed E-state index contributed by atoms with van der Waals surface area (Å²) < 4.78 is 1.71. The number of piperidine rings is 1. The van der Waals surface area contributed by atoms with Crippen LogP contribution in [-0.2, 0) is 0 Å². The van der Waals surface area contributed by atoms with Crippen molar-refractivity contribution in [2.24, 2.45) is 11.8 Å². The molecule has 0 saturated carbocycles. The van der Waals surface area contributed by atoms with E-state index in [2.05, 4.69) is 49.4 Å². The van der Waals surface area contributed by atoms with Crippen LogP contribution >= 0.6 is 0 Å². The van der Waals surface area contributed by atoms with Gasteiger partial charge in [-0.3, -0.25) is 9.69 Å². The van der Waals surface area contributed by atoms with E-state index in [0.717, 1.165) is 31.2 Å². The van der Waals surface area contributed by atoms with Crippen molar-refractivity contribution in [1.82, 2.24) is 14.5 Å². The number of aromatic nitrogens is 2. The van der Waals surface area contributed by atoms with E-state index in [0.29, 0.717) is 29.4 Å². The summed E-state index contributed by atoms with van der Waals surface area (Å²) in [7, 11) is 0. The minimum absolute atomic E-state index is 0.0295. The van der Waals surface area contributed by atoms with Gasteiger partial charge in [0.25, 0.3) is 5.56 Å². The van der Waals surface area contributed by atoms with Crippen molar-refractivity contribution in [2.45, 2.75) is 77.5 Å². The molecule has 1 aromatic carbocycles. The summed E-state index contributed by atoms with van der Waals surface area (Å²) in [6, 6.07) is 8.23. The summed E-state index contributed by atoms with van der Waals surface area (Å²) in [4.78, 5) is 31.5. The van der Waals surface area contributed by atoms with Crippen LogP contribution in [0.25, 0.3) is 11.0 Å². The van der Waals surface area contributed by atoms with Crippen LogP contribution in [-0.4, -0.2) is 43.7 Å². The summed E-state index contributed by atoms with van der Waals surface area (Å²) in [5, 5.41) is 9.54. The fourth-order valence-corrected chi connectivity index (χ4v) is 5.34. The van der Waals surface area contributed by atoms with Gasteiger partial charge >= 0.3 is 5.97 Å². The number of carboxylic acids is 1. The molecule has 164 valence electrons. The molecule has 4 rings (SSSR count). The standard InChI is InChI=1S/C25H31N3O3/c1-15(2)9-12-21(16(3)4)27-17-10-11-18(27)14-19(13-17)28-22-8-6-5-7-20(22)26-23(24(28)29)25(30)31/h5-8,15-19,21H,10-11,13-14H2,1-4H3,(H,30,31). The van der Waals surface area contributed by atoms with Gasteiger partial charge in [0.1, 0.15) is 0 Å². The molecule has 2 aliphatic rings. The zero-order valence-corrected chi connectivity index (χ0v) is 18.7. The lowest BCUT2D eigenvalue weighted by atomic mass is 9.91. The first-order valence-corrected chi connectivity index (χ1v) is 11.3. The number of aromatic carboxylic acids is 1. The van der Waals surface area contributed by atoms with Gasteiger partial charge in [-0.1, -0.05) is 51.7 Å². The molecule has 0 aliphatic carbocycles. The first kappa shape index (κ1) is 21.6. The van der Waals surface area contributed by atoms with Gasteiger partial charge < -0.3 is 9.67 Å². The molecule has 2 aromatic rings. The second-order valence-corrected chi connectivity index (χ2v) is 9.52. The fraction of sp³-hybridized carbons (Fsp3) is 0.560. The Balaban J connectivity index is 1.73. The Hall–Kier alpha value is -2.65. The minimum Gasteiger partial charge on any atom is -0.476 e. The number of carbonyl (C=O) groups is 1. The van der Waals surface area contributed by atoms with Crippen molar-refractivity contribution in [3.63, 3.8) is 0 Å². The van der Waals surface area contributed by atoms with E-state index in [-0.39, 0.29) is 12.1 Å². The molecule has 2 bridgehead atoms. The Morgan fingerprint density at radius 2 is 1.71 bits per heavy atom. The largest absolute Gasteiger partial charge is 0.476 e. The predicted molar refractivity (Wildman–Crippen MR) is 121 cm³/mol. The molecule has 0 radical (unpaired) electrons. The maximum absolute atomic E-state index is 13.1. The van der Waals surface area contributed by atoms with E-state index in [1.165, 1.54) is 0 Å². The lowest BCUT2D eigenvalue weighted by Gasteiger charge is -2.44. The third-order valence-corrected chi connectivity index (χ3v) is 6.60. The maximum atomic E-state index is 13.1. The first-order valence-electron chi connectivity index (χ1n) is 11.3. The van der Waals surface area contributed by atoms with E-state index in [1.54, 1.807) is 10.6 Å². The lowest BCUT2D eigenvalue weighted by Crippen LogP contribution is -2.51. The molecular formula is C25H31N3O3. The third kappa shape index (κ3) is 3.99. The first-order chi connectivity index (χ1) is 14.8. The minimum atomic E-state index is -1.27. The number of para-hydroxylation sites is 2. The van der Waals surface area contributed by atoms with Crippen molar-refractivity contribution < 1.29 is 9.90 Å². The Kier molecular flexibility index (Phi) is 5.90. The fourth-order valence-electron chi connectivity index (χ4n) is 5.34. The van der Waals surface area contributed by atoms with Crippen LogP contribution in [0.4, 0.5) is 0 Å². The monoisotopic (exact) mass is 421 g/mol. The Morgan fingerprint density at radius 1 is 1.06 bits per heavy atom. The predicted octanol–water partition coefficient (Wildman–Crippen LogP) is 3.95. The molecule has 2 fully saturated rings. The van der Waals surface area contributed by atoms with Crippen LogP contribution in [0.5, 0.6) is 0 Å². The lowest BCUT2D eigenvalue weighted by molar-refractivity contribution is 0.0649. The second kappa shape index (κ2) is 8.47. The number of fused-ring (bicyclic) bond motifs is 3. The highest BCUT2D eigenvalue weighted by Crippen LogP contribution is 2.43. The topological polar surface area (TPSA) is 75.4 Å². The molecule has 1 N–H and O–H groups in total. The molecule has 31 heavy (non-hydrogen) atoms. The molecule has 3 unspecified atom stereocenters. The number of hydrogen-bond acceptors (Lipinski definition) is 4. The van der Waals surface area contributed by atoms with Crippen LogP contribution in [0.15, 0.2) is 29.1 Å². The number of nitrogens with zero attached hydrogens (tertiary/aromatic N) is 3. The van der Waals surface area contributed by atoms with E-state index >= 15 is 0 Å². The quantitative estimate of drug-likeness (QED) is 0.757. The third-order valence-electron chi connectivity index (χ3n) is 6.60. The van der Waals surface area contributed by atoms with Crippen LogP contribution in [0.2, 0.25) is 0 Å². The van der Waals surface area contributed by atoms with Crippen LogP contribution in [0.3, 0.4) is 0 Å². The van der Waals surface area contributed by atoms with Crippen molar-refractivity contribution in [2.75, 3.05) is 0 Å². The number of rotatable bonds is 4. The maximum Gasteiger partial charge on any atom is 0.360 e. The number of benzene rings is 1. The van der Waals surface area contributed by atoms with Gasteiger partial charge in [0.15, 0.2) is 0 Å². The molecule has 6 nitrogen and oxygen atoms in total. The summed E-state index contributed by atoms with van der Waals surface area (Å²) in [6.07, 6.45) is 3.85. The molecule has 2 saturated heterocycles. The van der Waals surface area contributed by atoms with Crippen molar-refractivity contribution >= 4 is 17.0 Å². The Labute approximate surface area is 183 Å². The Bertz CT molecular complexity index is 1090. The highest BCUT2D eigenvalue weighted by atomic mass is 16.4. The summed E-state index contributed by atoms with van der Waals surface area (Å²) in [5.74, 6) is 6.39. The zero-order chi connectivity index (χ0) is 22.3. The second-order valence-electron chi connectivity index (χ2n) is 9.52. The highest BCUT2D eigenvalue weighted by molar-refractivity contribution is 5.88. The van der Waals surface area contributed by atoms with Gasteiger partial charge in [0, 0.05) is 24.0 Å². The molecule has 0 amide bonds. The van der Waals surface area contributed by atoms with Crippen molar-refractivity contribution in [3.8, 4) is 11.8 Å². The molecule has 2 aliphatic heterocycles. The summed E-state index contributed by atoms with van der Waals surface area (Å²) in [5.41, 5.74) is 0.382. The van der Waals surface area contributed by atoms with Crippen molar-refractivity contribution in [1.29, 1.82) is 0 Å². The van der Waals surface area contributed by atoms with Crippen LogP contribution < -0.4 is 5.56 Å². The van der Waals surface area contributed by atoms with Crippen LogP contribution in [0, 0.1) is 23.7 Å². The smallest absolute Gasteiger partial charge is 0.360 e. The summed E-state index contributed by atoms with van der Waals surface area (Å²) in [6.45, 7) is 8.69. The van der Waals surface area contributed by atoms with Gasteiger partial charge in [-0.15, -0.1) is 0 Å². The molecular weight excluding hydrogens is 390 g/mol. The molecule has 0 spiro atoms. The number of carboxylic acid groups (broad SMARTS) is 1. The highest BCUT2D eigenvalue weighted by Gasteiger charge is 2.45. The average molecular weight is 422 g/mol. The van der Waals surface area contributed by atoms with Gasteiger partial charge in [-0.2, -0.15) is 0 Å². The van der Waals surface area contributed by atoms with E-state index in [4.69, 9.17) is 0 Å². The van der Waals surface area contributed by atoms with Gasteiger partial charge in [0.05, 0.1) is 17.1 Å². The van der Waals surface area contributed by atoms with E-state index in [1.807, 2.05) is 18.2 Å².